The Morgan fingerprint density at radius 3 is 2.82 bits per heavy atom. The summed E-state index contributed by atoms with van der Waals surface area (Å²) in [6.07, 6.45) is 4.59. The molecular weight excluding hydrogens is 276 g/mol. The number of nitrogens with one attached hydrogen (secondary N) is 1. The van der Waals surface area contributed by atoms with Crippen molar-refractivity contribution in [2.75, 3.05) is 24.5 Å². The number of ether oxygens (including phenoxy) is 1. The van der Waals surface area contributed by atoms with Gasteiger partial charge in [-0.25, -0.2) is 0 Å². The number of fused-ring (bicyclic) bond motifs is 1. The van der Waals surface area contributed by atoms with Crippen LogP contribution >= 0.6 is 0 Å². The molecule has 4 nitrogen and oxygen atoms in total. The van der Waals surface area contributed by atoms with Crippen LogP contribution in [0, 0.1) is 5.92 Å². The predicted molar refractivity (Wildman–Crippen MR) is 88.5 cm³/mol. The molecule has 0 bridgehead atoms. The average molecular weight is 302 g/mol. The lowest BCUT2D eigenvalue weighted by Gasteiger charge is -2.34. The molecule has 1 amide bonds. The van der Waals surface area contributed by atoms with E-state index in [0.29, 0.717) is 6.54 Å². The lowest BCUT2D eigenvalue weighted by Crippen LogP contribution is -2.42. The van der Waals surface area contributed by atoms with E-state index < -0.39 is 0 Å². The van der Waals surface area contributed by atoms with Gasteiger partial charge in [-0.2, -0.15) is 0 Å². The molecule has 2 aliphatic heterocycles. The van der Waals surface area contributed by atoms with E-state index in [0.717, 1.165) is 43.3 Å². The Bertz CT molecular complexity index is 538. The largest absolute Gasteiger partial charge is 0.486 e. The minimum Gasteiger partial charge on any atom is -0.486 e. The van der Waals surface area contributed by atoms with Crippen LogP contribution in [0.3, 0.4) is 0 Å². The summed E-state index contributed by atoms with van der Waals surface area (Å²) in [6.45, 7) is 6.64. The molecule has 1 saturated heterocycles. The summed E-state index contributed by atoms with van der Waals surface area (Å²) in [6, 6.07) is 6.37. The fourth-order valence-corrected chi connectivity index (χ4v) is 3.45. The number of hydrogen-bond donors (Lipinski definition) is 1. The number of nitrogens with zero attached hydrogens (tertiary/aromatic N) is 1. The molecule has 0 aliphatic carbocycles. The van der Waals surface area contributed by atoms with Gasteiger partial charge in [0.05, 0.1) is 12.2 Å². The third kappa shape index (κ3) is 3.27. The van der Waals surface area contributed by atoms with Crippen LogP contribution in [0.1, 0.15) is 38.7 Å². The second-order valence-corrected chi connectivity index (χ2v) is 6.48. The highest BCUT2D eigenvalue weighted by Gasteiger charge is 2.27. The molecule has 2 aliphatic rings. The standard InChI is InChI=1S/C18H26N2O2/c1-3-16-12-20(13(2)21)17-11-15(4-5-18(17)22-16)10-14-6-8-19-9-7-14/h4-5,11,14,16,19H,3,6-10,12H2,1-2H3. The van der Waals surface area contributed by atoms with Gasteiger partial charge >= 0.3 is 0 Å². The van der Waals surface area contributed by atoms with Gasteiger partial charge in [-0.05, 0) is 62.4 Å². The Hall–Kier alpha value is -1.55. The maximum absolute atomic E-state index is 12.0. The number of anilines is 1. The van der Waals surface area contributed by atoms with Crippen LogP contribution in [0.4, 0.5) is 5.69 Å². The third-order valence-electron chi connectivity index (χ3n) is 4.81. The maximum atomic E-state index is 12.0. The van der Waals surface area contributed by atoms with Crippen molar-refractivity contribution in [1.29, 1.82) is 0 Å². The zero-order valence-electron chi connectivity index (χ0n) is 13.6. The van der Waals surface area contributed by atoms with E-state index in [2.05, 4.69) is 24.4 Å². The monoisotopic (exact) mass is 302 g/mol. The summed E-state index contributed by atoms with van der Waals surface area (Å²) >= 11 is 0. The highest BCUT2D eigenvalue weighted by atomic mass is 16.5. The van der Waals surface area contributed by atoms with Crippen LogP contribution in [0.5, 0.6) is 5.75 Å². The number of carbonyl (C=O) groups is 1. The average Bonchev–Trinajstić information content (AvgIpc) is 2.54. The normalized spacial score (nSPS) is 22.1. The van der Waals surface area contributed by atoms with Crippen molar-refractivity contribution in [3.63, 3.8) is 0 Å². The Labute approximate surface area is 132 Å². The van der Waals surface area contributed by atoms with E-state index in [1.165, 1.54) is 18.4 Å². The van der Waals surface area contributed by atoms with E-state index in [1.54, 1.807) is 6.92 Å². The van der Waals surface area contributed by atoms with Crippen LogP contribution in [0.15, 0.2) is 18.2 Å². The van der Waals surface area contributed by atoms with Gasteiger partial charge in [0, 0.05) is 6.92 Å². The highest BCUT2D eigenvalue weighted by Crippen LogP contribution is 2.36. The third-order valence-corrected chi connectivity index (χ3v) is 4.81. The van der Waals surface area contributed by atoms with Crippen molar-refractivity contribution in [3.05, 3.63) is 23.8 Å². The van der Waals surface area contributed by atoms with E-state index in [-0.39, 0.29) is 12.0 Å². The number of hydrogen-bond acceptors (Lipinski definition) is 3. The van der Waals surface area contributed by atoms with Gasteiger partial charge in [0.15, 0.2) is 0 Å². The first-order valence-corrected chi connectivity index (χ1v) is 8.45. The van der Waals surface area contributed by atoms with Crippen molar-refractivity contribution in [2.45, 2.75) is 45.6 Å². The summed E-state index contributed by atoms with van der Waals surface area (Å²) in [5.74, 6) is 1.70. The van der Waals surface area contributed by atoms with Gasteiger partial charge in [0.2, 0.25) is 5.91 Å². The zero-order chi connectivity index (χ0) is 15.5. The molecule has 0 aromatic heterocycles. The second kappa shape index (κ2) is 6.69. The quantitative estimate of drug-likeness (QED) is 0.933. The molecule has 0 spiro atoms. The summed E-state index contributed by atoms with van der Waals surface area (Å²) in [5.41, 5.74) is 2.26. The number of rotatable bonds is 3. The molecule has 0 saturated carbocycles. The fourth-order valence-electron chi connectivity index (χ4n) is 3.45. The summed E-state index contributed by atoms with van der Waals surface area (Å²) in [7, 11) is 0. The highest BCUT2D eigenvalue weighted by molar-refractivity contribution is 5.93. The first-order chi connectivity index (χ1) is 10.7. The van der Waals surface area contributed by atoms with Gasteiger partial charge in [-0.1, -0.05) is 13.0 Å². The molecule has 2 heterocycles. The first-order valence-electron chi connectivity index (χ1n) is 8.45. The topological polar surface area (TPSA) is 41.6 Å². The molecule has 120 valence electrons. The van der Waals surface area contributed by atoms with Gasteiger partial charge in [0.25, 0.3) is 0 Å². The van der Waals surface area contributed by atoms with Crippen molar-refractivity contribution >= 4 is 11.6 Å². The molecule has 1 unspecified atom stereocenters. The van der Waals surface area contributed by atoms with Crippen LogP contribution in [-0.4, -0.2) is 31.6 Å². The maximum Gasteiger partial charge on any atom is 0.224 e. The molecule has 22 heavy (non-hydrogen) atoms. The van der Waals surface area contributed by atoms with E-state index >= 15 is 0 Å². The number of benzene rings is 1. The Morgan fingerprint density at radius 1 is 1.36 bits per heavy atom. The van der Waals surface area contributed by atoms with Crippen molar-refractivity contribution in [2.24, 2.45) is 5.92 Å². The molecule has 1 fully saturated rings. The van der Waals surface area contributed by atoms with Crippen LogP contribution in [0.2, 0.25) is 0 Å². The number of piperidine rings is 1. The zero-order valence-corrected chi connectivity index (χ0v) is 13.6. The van der Waals surface area contributed by atoms with Crippen molar-refractivity contribution < 1.29 is 9.53 Å². The fraction of sp³-hybridized carbons (Fsp3) is 0.611. The number of carbonyl (C=O) groups excluding carboxylic acids is 1. The molecule has 0 radical (unpaired) electrons. The molecule has 1 N–H and O–H groups in total. The van der Waals surface area contributed by atoms with E-state index in [9.17, 15) is 4.79 Å². The molecule has 4 heteroatoms. The summed E-state index contributed by atoms with van der Waals surface area (Å²) < 4.78 is 6.00. The number of amides is 1. The molecule has 3 rings (SSSR count). The van der Waals surface area contributed by atoms with Crippen LogP contribution < -0.4 is 15.0 Å². The minimum atomic E-state index is 0.0991. The molecule has 1 atom stereocenters. The Morgan fingerprint density at radius 2 is 2.14 bits per heavy atom. The van der Waals surface area contributed by atoms with Crippen LogP contribution in [0.25, 0.3) is 0 Å². The van der Waals surface area contributed by atoms with Gasteiger partial charge < -0.3 is 15.0 Å². The van der Waals surface area contributed by atoms with E-state index in [1.807, 2.05) is 11.0 Å². The van der Waals surface area contributed by atoms with Gasteiger partial charge in [0.1, 0.15) is 11.9 Å². The predicted octanol–water partition coefficient (Wildman–Crippen LogP) is 2.75. The first kappa shape index (κ1) is 15.3. The second-order valence-electron chi connectivity index (χ2n) is 6.48. The lowest BCUT2D eigenvalue weighted by atomic mass is 9.90. The Balaban J connectivity index is 1.81. The lowest BCUT2D eigenvalue weighted by molar-refractivity contribution is -0.117. The minimum absolute atomic E-state index is 0.0991. The SMILES string of the molecule is CCC1CN(C(C)=O)c2cc(CC3CCNCC3)ccc2O1. The Kier molecular flexibility index (Phi) is 4.67. The van der Waals surface area contributed by atoms with Crippen molar-refractivity contribution in [1.82, 2.24) is 5.32 Å². The van der Waals surface area contributed by atoms with E-state index in [4.69, 9.17) is 4.74 Å². The summed E-state index contributed by atoms with van der Waals surface area (Å²) in [5, 5.41) is 3.41. The summed E-state index contributed by atoms with van der Waals surface area (Å²) in [4.78, 5) is 13.9. The van der Waals surface area contributed by atoms with Crippen molar-refractivity contribution in [3.8, 4) is 5.75 Å². The molecule has 1 aromatic carbocycles. The van der Waals surface area contributed by atoms with Gasteiger partial charge in [-0.15, -0.1) is 0 Å². The molecule has 1 aromatic rings. The van der Waals surface area contributed by atoms with Crippen LogP contribution in [-0.2, 0) is 11.2 Å². The van der Waals surface area contributed by atoms with Gasteiger partial charge in [-0.3, -0.25) is 4.79 Å². The molecular formula is C18H26N2O2. The smallest absolute Gasteiger partial charge is 0.224 e.